The predicted molar refractivity (Wildman–Crippen MR) is 373 cm³/mol. The van der Waals surface area contributed by atoms with Crippen LogP contribution in [0, 0.1) is 0 Å². The molecule has 86 heavy (non-hydrogen) atoms. The fourth-order valence-corrected chi connectivity index (χ4v) is 10.7. The lowest BCUT2D eigenvalue weighted by atomic mass is 10.0. The van der Waals surface area contributed by atoms with Crippen molar-refractivity contribution in [1.82, 2.24) is 5.32 Å². The van der Waals surface area contributed by atoms with Gasteiger partial charge in [-0.05, 0) is 115 Å². The molecule has 496 valence electrons. The second-order valence-electron chi connectivity index (χ2n) is 25.0. The standard InChI is InChI=1S/C76H135N2O7P/c1-7-10-13-16-19-22-25-28-30-32-34-36-38-39-41-43-45-47-49-51-54-57-60-63-66-69-76(80)85-74(67-64-61-58-55-52-27-24-21-18-15-12-9-3)73(72-84-86(81,82)83-71-70-78(4,5)6)77-75(79)68-65-62-59-56-53-50-48-46-44-42-40-37-35-33-31-29-26-23-20-17-14-11-8-2/h10,13,19-20,22-23,28-31,34,36,39,41,45,47,64,67,73-74H,7-9,11-12,14-18,21,24-27,32-33,35,37-38,40,42-44,46,48-63,65-66,68-72H2,1-6H3,(H-,77,79,81,82)/p+1/b13-10-,22-19-,23-20-,30-28-,31-29-,36-34-,41-39-,47-45-,67-64+. The molecule has 0 aromatic carbocycles. The highest BCUT2D eigenvalue weighted by atomic mass is 31.2. The molecule has 9 nitrogen and oxygen atoms in total. The Balaban J connectivity index is 5.11. The number of carbonyl (C=O) groups excluding carboxylic acids is 2. The molecular formula is C76H136N2O7P+. The van der Waals surface area contributed by atoms with Crippen molar-refractivity contribution < 1.29 is 37.3 Å². The number of rotatable bonds is 64. The van der Waals surface area contributed by atoms with Crippen LogP contribution < -0.4 is 5.32 Å². The lowest BCUT2D eigenvalue weighted by Crippen LogP contribution is -2.47. The van der Waals surface area contributed by atoms with Gasteiger partial charge in [-0.15, -0.1) is 0 Å². The number of quaternary nitrogens is 1. The normalized spacial score (nSPS) is 14.2. The van der Waals surface area contributed by atoms with Crippen LogP contribution in [-0.2, 0) is 27.9 Å². The van der Waals surface area contributed by atoms with Gasteiger partial charge < -0.3 is 19.4 Å². The topological polar surface area (TPSA) is 111 Å². The van der Waals surface area contributed by atoms with Crippen LogP contribution in [0.1, 0.15) is 310 Å². The Morgan fingerprint density at radius 3 is 1.14 bits per heavy atom. The maximum Gasteiger partial charge on any atom is 0.472 e. The van der Waals surface area contributed by atoms with Crippen LogP contribution in [0.25, 0.3) is 0 Å². The first-order valence-corrected chi connectivity index (χ1v) is 37.2. The number of phosphoric acid groups is 1. The van der Waals surface area contributed by atoms with E-state index >= 15 is 0 Å². The average molecular weight is 1220 g/mol. The molecule has 0 saturated carbocycles. The molecule has 0 rings (SSSR count). The van der Waals surface area contributed by atoms with Gasteiger partial charge in [-0.1, -0.05) is 291 Å². The van der Waals surface area contributed by atoms with E-state index in [0.717, 1.165) is 128 Å². The van der Waals surface area contributed by atoms with Gasteiger partial charge in [-0.25, -0.2) is 4.57 Å². The maximum absolute atomic E-state index is 13.6. The number of phosphoric ester groups is 1. The zero-order chi connectivity index (χ0) is 62.8. The number of esters is 1. The third-order valence-corrected chi connectivity index (χ3v) is 16.4. The molecule has 0 aromatic rings. The number of hydrogen-bond donors (Lipinski definition) is 2. The molecule has 3 atom stereocenters. The smallest absolute Gasteiger partial charge is 0.456 e. The summed E-state index contributed by atoms with van der Waals surface area (Å²) >= 11 is 0. The number of nitrogens with one attached hydrogen (secondary N) is 1. The van der Waals surface area contributed by atoms with E-state index in [0.29, 0.717) is 17.4 Å². The molecule has 0 heterocycles. The van der Waals surface area contributed by atoms with Gasteiger partial charge in [0, 0.05) is 12.8 Å². The van der Waals surface area contributed by atoms with E-state index in [1.807, 2.05) is 33.3 Å². The van der Waals surface area contributed by atoms with Crippen LogP contribution in [0.3, 0.4) is 0 Å². The van der Waals surface area contributed by atoms with Crippen molar-refractivity contribution in [3.63, 3.8) is 0 Å². The molecule has 0 bridgehead atoms. The fraction of sp³-hybridized carbons (Fsp3) is 0.737. The summed E-state index contributed by atoms with van der Waals surface area (Å²) in [6.45, 7) is 6.88. The Hall–Kier alpha value is -3.33. The molecule has 0 aliphatic carbocycles. The van der Waals surface area contributed by atoms with Crippen molar-refractivity contribution in [2.45, 2.75) is 322 Å². The molecule has 0 fully saturated rings. The number of hydrogen-bond acceptors (Lipinski definition) is 6. The van der Waals surface area contributed by atoms with E-state index < -0.39 is 20.0 Å². The largest absolute Gasteiger partial charge is 0.472 e. The molecule has 2 N–H and O–H groups in total. The number of ether oxygens (including phenoxy) is 1. The van der Waals surface area contributed by atoms with Crippen molar-refractivity contribution in [3.05, 3.63) is 109 Å². The third-order valence-electron chi connectivity index (χ3n) is 15.4. The molecule has 0 aliphatic heterocycles. The summed E-state index contributed by atoms with van der Waals surface area (Å²) in [5.74, 6) is -0.521. The van der Waals surface area contributed by atoms with E-state index in [1.165, 1.54) is 148 Å². The Kier molecular flexibility index (Phi) is 62.1. The van der Waals surface area contributed by atoms with Gasteiger partial charge in [0.25, 0.3) is 0 Å². The first-order chi connectivity index (χ1) is 41.9. The predicted octanol–water partition coefficient (Wildman–Crippen LogP) is 22.8. The lowest BCUT2D eigenvalue weighted by molar-refractivity contribution is -0.870. The molecule has 0 aromatic heterocycles. The minimum atomic E-state index is -4.46. The second-order valence-corrected chi connectivity index (χ2v) is 26.5. The van der Waals surface area contributed by atoms with Gasteiger partial charge >= 0.3 is 13.8 Å². The summed E-state index contributed by atoms with van der Waals surface area (Å²) < 4.78 is 30.8. The number of allylic oxidation sites excluding steroid dienone is 17. The van der Waals surface area contributed by atoms with Gasteiger partial charge in [0.1, 0.15) is 19.3 Å². The molecule has 0 spiro atoms. The number of carbonyl (C=O) groups is 2. The summed E-state index contributed by atoms with van der Waals surface area (Å²) in [4.78, 5) is 37.9. The molecule has 0 aliphatic rings. The molecule has 1 amide bonds. The van der Waals surface area contributed by atoms with E-state index in [2.05, 4.69) is 123 Å². The van der Waals surface area contributed by atoms with Crippen LogP contribution in [0.2, 0.25) is 0 Å². The SMILES string of the molecule is CC/C=C\C/C=C\C/C=C\C/C=C\C/C=C\C/C=C\CCCCCCCCC(=O)OC(/C=C/CCCCCCCCCCCC)C(COP(=O)(O)OCC[N+](C)(C)C)NC(=O)CCCCCCCCCCCCCCC/C=C\C/C=C\CCCCC. The minimum Gasteiger partial charge on any atom is -0.456 e. The Morgan fingerprint density at radius 2 is 0.744 bits per heavy atom. The zero-order valence-electron chi connectivity index (χ0n) is 56.8. The van der Waals surface area contributed by atoms with Crippen LogP contribution in [-0.4, -0.2) is 74.3 Å². The summed E-state index contributed by atoms with van der Waals surface area (Å²) in [6.07, 6.45) is 89.5. The Labute approximate surface area is 531 Å². The van der Waals surface area contributed by atoms with Crippen LogP contribution >= 0.6 is 7.82 Å². The first-order valence-electron chi connectivity index (χ1n) is 35.7. The van der Waals surface area contributed by atoms with Gasteiger partial charge in [0.15, 0.2) is 0 Å². The lowest BCUT2D eigenvalue weighted by Gasteiger charge is -2.27. The highest BCUT2D eigenvalue weighted by Gasteiger charge is 2.30. The van der Waals surface area contributed by atoms with E-state index in [9.17, 15) is 19.0 Å². The van der Waals surface area contributed by atoms with Crippen LogP contribution in [0.15, 0.2) is 109 Å². The second kappa shape index (κ2) is 64.6. The summed E-state index contributed by atoms with van der Waals surface area (Å²) in [7, 11) is 1.48. The maximum atomic E-state index is 13.6. The van der Waals surface area contributed by atoms with Crippen molar-refractivity contribution in [2.24, 2.45) is 0 Å². The van der Waals surface area contributed by atoms with Crippen molar-refractivity contribution in [3.8, 4) is 0 Å². The quantitative estimate of drug-likeness (QED) is 0.0205. The molecule has 0 radical (unpaired) electrons. The van der Waals surface area contributed by atoms with Crippen molar-refractivity contribution >= 4 is 19.7 Å². The minimum absolute atomic E-state index is 0.0332. The van der Waals surface area contributed by atoms with E-state index in [4.69, 9.17) is 13.8 Å². The molecule has 10 heteroatoms. The number of unbranched alkanes of at least 4 members (excludes halogenated alkanes) is 32. The number of likely N-dealkylation sites (N-methyl/N-ethyl adjacent to an activating group) is 1. The Bertz CT molecular complexity index is 1840. The van der Waals surface area contributed by atoms with Crippen molar-refractivity contribution in [2.75, 3.05) is 40.9 Å². The average Bonchev–Trinajstić information content (AvgIpc) is 3.65. The molecular weight excluding hydrogens is 1080 g/mol. The van der Waals surface area contributed by atoms with E-state index in [-0.39, 0.29) is 31.5 Å². The first kappa shape index (κ1) is 82.7. The zero-order valence-corrected chi connectivity index (χ0v) is 57.7. The molecule has 0 saturated heterocycles. The summed E-state index contributed by atoms with van der Waals surface area (Å²) in [5.41, 5.74) is 0. The van der Waals surface area contributed by atoms with Crippen molar-refractivity contribution in [1.29, 1.82) is 0 Å². The summed E-state index contributed by atoms with van der Waals surface area (Å²) in [5, 5.41) is 3.07. The number of nitrogens with zero attached hydrogens (tertiary/aromatic N) is 1. The van der Waals surface area contributed by atoms with E-state index in [1.54, 1.807) is 0 Å². The highest BCUT2D eigenvalue weighted by molar-refractivity contribution is 7.47. The highest BCUT2D eigenvalue weighted by Crippen LogP contribution is 2.43. The monoisotopic (exact) mass is 1220 g/mol. The van der Waals surface area contributed by atoms with Crippen LogP contribution in [0.5, 0.6) is 0 Å². The van der Waals surface area contributed by atoms with Gasteiger partial charge in [-0.2, -0.15) is 0 Å². The fourth-order valence-electron chi connectivity index (χ4n) is 9.98. The van der Waals surface area contributed by atoms with Gasteiger partial charge in [0.05, 0.1) is 33.8 Å². The van der Waals surface area contributed by atoms with Gasteiger partial charge in [0.2, 0.25) is 5.91 Å². The van der Waals surface area contributed by atoms with Crippen LogP contribution in [0.4, 0.5) is 0 Å². The third kappa shape index (κ3) is 65.1. The van der Waals surface area contributed by atoms with Gasteiger partial charge in [-0.3, -0.25) is 18.6 Å². The Morgan fingerprint density at radius 1 is 0.419 bits per heavy atom. The number of amides is 1. The molecule has 3 unspecified atom stereocenters. The summed E-state index contributed by atoms with van der Waals surface area (Å²) in [6, 6.07) is -0.862.